The van der Waals surface area contributed by atoms with Crippen molar-refractivity contribution in [1.29, 1.82) is 0 Å². The normalized spacial score (nSPS) is 9.89. The molecule has 6 heteroatoms. The Morgan fingerprint density at radius 2 is 2.11 bits per heavy atom. The van der Waals surface area contributed by atoms with Gasteiger partial charge in [-0.05, 0) is 29.3 Å². The van der Waals surface area contributed by atoms with Gasteiger partial charge in [-0.3, -0.25) is 0 Å². The van der Waals surface area contributed by atoms with Gasteiger partial charge < -0.3 is 10.6 Å². The Kier molecular flexibility index (Phi) is 5.00. The number of benzene rings is 1. The molecule has 2 rings (SSSR count). The number of nitrogens with zero attached hydrogens (tertiary/aromatic N) is 2. The molecule has 1 heterocycles. The lowest BCUT2D eigenvalue weighted by Crippen LogP contribution is -2.34. The van der Waals surface area contributed by atoms with Gasteiger partial charge in [0.1, 0.15) is 5.69 Å². The molecule has 0 saturated carbocycles. The molecule has 1 aromatic carbocycles. The molecule has 0 unspecified atom stereocenters. The second-order valence-electron chi connectivity index (χ2n) is 3.84. The third-order valence-electron chi connectivity index (χ3n) is 2.47. The lowest BCUT2D eigenvalue weighted by molar-refractivity contribution is 0.873. The molecule has 0 aliphatic carbocycles. The van der Waals surface area contributed by atoms with Crippen LogP contribution >= 0.6 is 23.8 Å². The van der Waals surface area contributed by atoms with Crippen LogP contribution in [0.2, 0.25) is 0 Å². The lowest BCUT2D eigenvalue weighted by Gasteiger charge is -2.09. The van der Waals surface area contributed by atoms with Crippen molar-refractivity contribution < 1.29 is 0 Å². The molecule has 0 fully saturated rings. The highest BCUT2D eigenvalue weighted by atomic mass is 32.1. The fourth-order valence-corrected chi connectivity index (χ4v) is 2.11. The Hall–Kier alpha value is -1.79. The molecule has 19 heavy (non-hydrogen) atoms. The van der Waals surface area contributed by atoms with Gasteiger partial charge in [-0.25, -0.2) is 0 Å². The summed E-state index contributed by atoms with van der Waals surface area (Å²) in [5.74, 6) is 0. The van der Waals surface area contributed by atoms with Gasteiger partial charge in [0.15, 0.2) is 5.11 Å². The maximum atomic E-state index is 5.12. The minimum absolute atomic E-state index is 0.632. The second-order valence-corrected chi connectivity index (χ2v) is 4.86. The molecular formula is C13H14N4S2. The number of rotatable bonds is 5. The van der Waals surface area contributed by atoms with E-state index in [4.69, 9.17) is 12.2 Å². The summed E-state index contributed by atoms with van der Waals surface area (Å²) in [6, 6.07) is 8.18. The standard InChI is InChI=1S/C13H14N4S2/c1-2-7-14-13(18)15-8-10-3-5-11(6-4-10)12-9-19-17-16-12/h2-6,9H,1,7-8H2,(H2,14,15,18). The second kappa shape index (κ2) is 6.96. The van der Waals surface area contributed by atoms with Crippen LogP contribution in [0, 0.1) is 0 Å². The molecule has 1 aromatic heterocycles. The van der Waals surface area contributed by atoms with Crippen LogP contribution in [0.25, 0.3) is 11.3 Å². The third-order valence-corrected chi connectivity index (χ3v) is 3.26. The van der Waals surface area contributed by atoms with Gasteiger partial charge in [-0.2, -0.15) is 0 Å². The van der Waals surface area contributed by atoms with Gasteiger partial charge in [-0.15, -0.1) is 11.7 Å². The smallest absolute Gasteiger partial charge is 0.166 e. The van der Waals surface area contributed by atoms with Crippen molar-refractivity contribution in [2.24, 2.45) is 0 Å². The summed E-state index contributed by atoms with van der Waals surface area (Å²) in [6.07, 6.45) is 1.77. The Morgan fingerprint density at radius 3 is 2.74 bits per heavy atom. The SMILES string of the molecule is C=CCNC(=S)NCc1ccc(-c2csnn2)cc1. The molecule has 98 valence electrons. The van der Waals surface area contributed by atoms with E-state index >= 15 is 0 Å². The first-order valence-electron chi connectivity index (χ1n) is 5.78. The molecule has 4 nitrogen and oxygen atoms in total. The number of thiocarbonyl (C=S) groups is 1. The van der Waals surface area contributed by atoms with E-state index in [0.717, 1.165) is 16.8 Å². The number of hydrogen-bond acceptors (Lipinski definition) is 4. The van der Waals surface area contributed by atoms with Gasteiger partial charge in [0.05, 0.1) is 0 Å². The minimum Gasteiger partial charge on any atom is -0.359 e. The van der Waals surface area contributed by atoms with Crippen molar-refractivity contribution in [2.45, 2.75) is 6.54 Å². The minimum atomic E-state index is 0.632. The fraction of sp³-hybridized carbons (Fsp3) is 0.154. The predicted molar refractivity (Wildman–Crippen MR) is 83.0 cm³/mol. The van der Waals surface area contributed by atoms with Crippen LogP contribution in [-0.2, 0) is 6.54 Å². The monoisotopic (exact) mass is 290 g/mol. The van der Waals surface area contributed by atoms with Crippen LogP contribution in [0.3, 0.4) is 0 Å². The largest absolute Gasteiger partial charge is 0.359 e. The molecule has 0 spiro atoms. The van der Waals surface area contributed by atoms with Gasteiger partial charge in [0.2, 0.25) is 0 Å². The highest BCUT2D eigenvalue weighted by molar-refractivity contribution is 7.80. The van der Waals surface area contributed by atoms with E-state index < -0.39 is 0 Å². The summed E-state index contributed by atoms with van der Waals surface area (Å²) in [7, 11) is 0. The predicted octanol–water partition coefficient (Wildman–Crippen LogP) is 2.36. The Labute approximate surface area is 121 Å². The van der Waals surface area contributed by atoms with Gasteiger partial charge >= 0.3 is 0 Å². The first kappa shape index (κ1) is 13.6. The van der Waals surface area contributed by atoms with E-state index in [2.05, 4.69) is 38.9 Å². The summed E-state index contributed by atoms with van der Waals surface area (Å²) in [5, 5.41) is 12.8. The molecule has 0 radical (unpaired) electrons. The quantitative estimate of drug-likeness (QED) is 0.654. The van der Waals surface area contributed by atoms with Gasteiger partial charge in [0, 0.05) is 24.0 Å². The average Bonchev–Trinajstić information content (AvgIpc) is 2.97. The van der Waals surface area contributed by atoms with E-state index in [-0.39, 0.29) is 0 Å². The highest BCUT2D eigenvalue weighted by Crippen LogP contribution is 2.17. The van der Waals surface area contributed by atoms with Crippen molar-refractivity contribution in [2.75, 3.05) is 6.54 Å². The van der Waals surface area contributed by atoms with Crippen LogP contribution in [0.1, 0.15) is 5.56 Å². The van der Waals surface area contributed by atoms with Crippen LogP contribution in [-0.4, -0.2) is 21.2 Å². The van der Waals surface area contributed by atoms with Crippen LogP contribution in [0.4, 0.5) is 0 Å². The zero-order valence-electron chi connectivity index (χ0n) is 10.3. The van der Waals surface area contributed by atoms with Crippen LogP contribution < -0.4 is 10.6 Å². The lowest BCUT2D eigenvalue weighted by atomic mass is 10.1. The topological polar surface area (TPSA) is 49.8 Å². The third kappa shape index (κ3) is 4.11. The molecule has 0 aliphatic heterocycles. The van der Waals surface area contributed by atoms with Crippen LogP contribution in [0.5, 0.6) is 0 Å². The van der Waals surface area contributed by atoms with Crippen molar-refractivity contribution in [3.63, 3.8) is 0 Å². The molecule has 0 amide bonds. The fourth-order valence-electron chi connectivity index (χ4n) is 1.49. The number of aromatic nitrogens is 2. The van der Waals surface area contributed by atoms with E-state index in [1.54, 1.807) is 6.08 Å². The Morgan fingerprint density at radius 1 is 1.32 bits per heavy atom. The zero-order valence-corrected chi connectivity index (χ0v) is 11.9. The van der Waals surface area contributed by atoms with Gasteiger partial charge in [-0.1, -0.05) is 34.8 Å². The van der Waals surface area contributed by atoms with E-state index in [1.165, 1.54) is 11.5 Å². The Balaban J connectivity index is 1.89. The summed E-state index contributed by atoms with van der Waals surface area (Å²) in [4.78, 5) is 0. The molecule has 2 aromatic rings. The van der Waals surface area contributed by atoms with Crippen LogP contribution in [0.15, 0.2) is 42.3 Å². The number of hydrogen-bond donors (Lipinski definition) is 2. The summed E-state index contributed by atoms with van der Waals surface area (Å²) in [5.41, 5.74) is 3.15. The molecule has 0 bridgehead atoms. The average molecular weight is 290 g/mol. The molecule has 0 saturated heterocycles. The van der Waals surface area contributed by atoms with E-state index in [0.29, 0.717) is 18.2 Å². The molecule has 0 atom stereocenters. The summed E-state index contributed by atoms with van der Waals surface area (Å²) in [6.45, 7) is 4.99. The van der Waals surface area contributed by atoms with E-state index in [9.17, 15) is 0 Å². The maximum absolute atomic E-state index is 5.12. The highest BCUT2D eigenvalue weighted by Gasteiger charge is 2.01. The molecular weight excluding hydrogens is 276 g/mol. The van der Waals surface area contributed by atoms with Gasteiger partial charge in [0.25, 0.3) is 0 Å². The Bertz CT molecular complexity index is 534. The zero-order chi connectivity index (χ0) is 13.5. The molecule has 0 aliphatic rings. The van der Waals surface area contributed by atoms with Crippen molar-refractivity contribution in [3.8, 4) is 11.3 Å². The van der Waals surface area contributed by atoms with Crippen molar-refractivity contribution in [1.82, 2.24) is 20.2 Å². The maximum Gasteiger partial charge on any atom is 0.166 e. The molecule has 2 N–H and O–H groups in total. The number of nitrogens with one attached hydrogen (secondary N) is 2. The summed E-state index contributed by atoms with van der Waals surface area (Å²) < 4.78 is 3.85. The first-order chi connectivity index (χ1) is 9.29. The van der Waals surface area contributed by atoms with Crippen molar-refractivity contribution in [3.05, 3.63) is 47.9 Å². The van der Waals surface area contributed by atoms with E-state index in [1.807, 2.05) is 17.5 Å². The summed E-state index contributed by atoms with van der Waals surface area (Å²) >= 11 is 6.48. The first-order valence-corrected chi connectivity index (χ1v) is 7.03. The van der Waals surface area contributed by atoms with Crippen molar-refractivity contribution >= 4 is 28.9 Å².